The summed E-state index contributed by atoms with van der Waals surface area (Å²) in [5.74, 6) is 0.589. The lowest BCUT2D eigenvalue weighted by atomic mass is 10.0. The minimum absolute atomic E-state index is 0.133. The highest BCUT2D eigenvalue weighted by Crippen LogP contribution is 2.20. The van der Waals surface area contributed by atoms with Crippen LogP contribution in [0, 0.1) is 5.92 Å². The Morgan fingerprint density at radius 2 is 2.21 bits per heavy atom. The van der Waals surface area contributed by atoms with Gasteiger partial charge in [0.1, 0.15) is 0 Å². The highest BCUT2D eigenvalue weighted by atomic mass is 32.2. The van der Waals surface area contributed by atoms with E-state index in [1.807, 2.05) is 6.92 Å². The number of rotatable bonds is 7. The number of hydrogen-bond donors (Lipinski definition) is 2. The Bertz CT molecular complexity index is 349. The van der Waals surface area contributed by atoms with E-state index >= 15 is 0 Å². The second-order valence-electron chi connectivity index (χ2n) is 4.70. The van der Waals surface area contributed by atoms with E-state index in [2.05, 4.69) is 5.32 Å². The molecular weight excluding hydrogens is 268 g/mol. The van der Waals surface area contributed by atoms with Gasteiger partial charge in [0, 0.05) is 48.4 Å². The van der Waals surface area contributed by atoms with E-state index < -0.39 is 16.8 Å². The Balaban J connectivity index is 2.20. The van der Waals surface area contributed by atoms with Crippen LogP contribution >= 0.6 is 0 Å². The van der Waals surface area contributed by atoms with E-state index in [4.69, 9.17) is 5.11 Å². The molecule has 2 unspecified atom stereocenters. The van der Waals surface area contributed by atoms with Gasteiger partial charge in [-0.3, -0.25) is 9.00 Å². The average molecular weight is 290 g/mol. The zero-order valence-corrected chi connectivity index (χ0v) is 12.1. The molecule has 0 aromatic rings. The largest absolute Gasteiger partial charge is 0.481 e. The molecule has 0 radical (unpaired) electrons. The molecular formula is C12H22N2O4S. The minimum Gasteiger partial charge on any atom is -0.481 e. The molecule has 1 rings (SSSR count). The molecule has 2 N–H and O–H groups in total. The molecule has 2 amide bonds. The molecule has 2 atom stereocenters. The first-order valence-electron chi connectivity index (χ1n) is 6.62. The third-order valence-corrected chi connectivity index (χ3v) is 4.57. The molecule has 1 saturated heterocycles. The van der Waals surface area contributed by atoms with Crippen LogP contribution < -0.4 is 5.32 Å². The highest BCUT2D eigenvalue weighted by Gasteiger charge is 2.26. The monoisotopic (exact) mass is 290 g/mol. The highest BCUT2D eigenvalue weighted by molar-refractivity contribution is 7.84. The van der Waals surface area contributed by atoms with E-state index in [1.54, 1.807) is 4.90 Å². The topological polar surface area (TPSA) is 86.7 Å². The first kappa shape index (κ1) is 15.9. The van der Waals surface area contributed by atoms with Crippen molar-refractivity contribution in [1.82, 2.24) is 10.2 Å². The van der Waals surface area contributed by atoms with Crippen molar-refractivity contribution < 1.29 is 18.9 Å². The Hall–Kier alpha value is -1.11. The molecule has 0 aromatic heterocycles. The van der Waals surface area contributed by atoms with Crippen molar-refractivity contribution >= 4 is 22.8 Å². The van der Waals surface area contributed by atoms with Gasteiger partial charge in [0.15, 0.2) is 0 Å². The van der Waals surface area contributed by atoms with Crippen LogP contribution in [-0.4, -0.2) is 57.4 Å². The van der Waals surface area contributed by atoms with Crippen molar-refractivity contribution in [2.24, 2.45) is 5.92 Å². The van der Waals surface area contributed by atoms with Crippen LogP contribution in [0.25, 0.3) is 0 Å². The van der Waals surface area contributed by atoms with E-state index in [0.29, 0.717) is 37.6 Å². The number of hydrogen-bond acceptors (Lipinski definition) is 3. The fourth-order valence-electron chi connectivity index (χ4n) is 2.11. The number of carboxylic acid groups (broad SMARTS) is 1. The van der Waals surface area contributed by atoms with Gasteiger partial charge in [0.2, 0.25) is 0 Å². The summed E-state index contributed by atoms with van der Waals surface area (Å²) in [4.78, 5) is 24.0. The maximum absolute atomic E-state index is 11.8. The molecule has 1 aliphatic rings. The van der Waals surface area contributed by atoms with Crippen molar-refractivity contribution in [2.45, 2.75) is 26.2 Å². The van der Waals surface area contributed by atoms with E-state index in [1.165, 1.54) is 0 Å². The van der Waals surface area contributed by atoms with Gasteiger partial charge in [-0.15, -0.1) is 0 Å². The number of nitrogens with zero attached hydrogens (tertiary/aromatic N) is 1. The summed E-state index contributed by atoms with van der Waals surface area (Å²) in [5.41, 5.74) is 0. The lowest BCUT2D eigenvalue weighted by Gasteiger charge is -2.17. The van der Waals surface area contributed by atoms with Crippen molar-refractivity contribution in [3.63, 3.8) is 0 Å². The standard InChI is InChI=1S/C12H22N2O4S/c1-2-19(18)8-6-13-12(17)14-7-5-10(9-14)3-4-11(15)16/h10H,2-9H2,1H3,(H,13,17)(H,15,16). The average Bonchev–Trinajstić information content (AvgIpc) is 2.84. The van der Waals surface area contributed by atoms with Crippen LogP contribution in [0.4, 0.5) is 4.79 Å². The molecule has 1 fully saturated rings. The minimum atomic E-state index is -0.859. The van der Waals surface area contributed by atoms with Crippen LogP contribution in [0.1, 0.15) is 26.2 Å². The van der Waals surface area contributed by atoms with Crippen LogP contribution in [0.5, 0.6) is 0 Å². The van der Waals surface area contributed by atoms with E-state index in [0.717, 1.165) is 6.42 Å². The number of carboxylic acids is 1. The molecule has 1 heterocycles. The number of likely N-dealkylation sites (tertiary alicyclic amines) is 1. The maximum Gasteiger partial charge on any atom is 0.317 e. The Labute approximate surface area is 116 Å². The van der Waals surface area contributed by atoms with Crippen molar-refractivity contribution in [1.29, 1.82) is 0 Å². The lowest BCUT2D eigenvalue weighted by molar-refractivity contribution is -0.137. The normalized spacial score (nSPS) is 20.3. The molecule has 0 saturated carbocycles. The van der Waals surface area contributed by atoms with Gasteiger partial charge in [0.25, 0.3) is 0 Å². The number of carbonyl (C=O) groups excluding carboxylic acids is 1. The molecule has 0 bridgehead atoms. The maximum atomic E-state index is 11.8. The number of nitrogens with one attached hydrogen (secondary N) is 1. The first-order valence-corrected chi connectivity index (χ1v) is 8.11. The molecule has 7 heteroatoms. The molecule has 1 aliphatic heterocycles. The second kappa shape index (κ2) is 8.14. The first-order chi connectivity index (χ1) is 9.02. The molecule has 0 aliphatic carbocycles. The molecule has 19 heavy (non-hydrogen) atoms. The predicted octanol–water partition coefficient (Wildman–Crippen LogP) is 0.651. The summed E-state index contributed by atoms with van der Waals surface area (Å²) in [5, 5.41) is 11.4. The summed E-state index contributed by atoms with van der Waals surface area (Å²) in [6.07, 6.45) is 1.65. The Morgan fingerprint density at radius 1 is 1.47 bits per heavy atom. The van der Waals surface area contributed by atoms with Gasteiger partial charge >= 0.3 is 12.0 Å². The van der Waals surface area contributed by atoms with E-state index in [9.17, 15) is 13.8 Å². The third kappa shape index (κ3) is 6.04. The third-order valence-electron chi connectivity index (χ3n) is 3.27. The molecule has 0 aromatic carbocycles. The van der Waals surface area contributed by atoms with Crippen LogP contribution in [0.3, 0.4) is 0 Å². The van der Waals surface area contributed by atoms with E-state index in [-0.39, 0.29) is 18.4 Å². The lowest BCUT2D eigenvalue weighted by Crippen LogP contribution is -2.40. The van der Waals surface area contributed by atoms with Gasteiger partial charge in [-0.25, -0.2) is 4.79 Å². The Morgan fingerprint density at radius 3 is 2.84 bits per heavy atom. The number of urea groups is 1. The molecule has 6 nitrogen and oxygen atoms in total. The zero-order chi connectivity index (χ0) is 14.3. The van der Waals surface area contributed by atoms with Gasteiger partial charge in [-0.1, -0.05) is 6.92 Å². The summed E-state index contributed by atoms with van der Waals surface area (Å²) in [7, 11) is -0.859. The van der Waals surface area contributed by atoms with Gasteiger partial charge < -0.3 is 15.3 Å². The second-order valence-corrected chi connectivity index (χ2v) is 6.56. The predicted molar refractivity (Wildman–Crippen MR) is 73.5 cm³/mol. The quantitative estimate of drug-likeness (QED) is 0.721. The van der Waals surface area contributed by atoms with Crippen molar-refractivity contribution in [3.05, 3.63) is 0 Å². The number of amides is 2. The van der Waals surface area contributed by atoms with Crippen LogP contribution in [0.2, 0.25) is 0 Å². The smallest absolute Gasteiger partial charge is 0.317 e. The number of aliphatic carboxylic acids is 1. The summed E-state index contributed by atoms with van der Waals surface area (Å²) in [6, 6.07) is -0.133. The van der Waals surface area contributed by atoms with Crippen molar-refractivity contribution in [2.75, 3.05) is 31.1 Å². The molecule has 0 spiro atoms. The summed E-state index contributed by atoms with van der Waals surface area (Å²) < 4.78 is 11.2. The van der Waals surface area contributed by atoms with Gasteiger partial charge in [0.05, 0.1) is 0 Å². The summed E-state index contributed by atoms with van der Waals surface area (Å²) >= 11 is 0. The fraction of sp³-hybridized carbons (Fsp3) is 0.833. The number of carbonyl (C=O) groups is 2. The molecule has 110 valence electrons. The summed E-state index contributed by atoms with van der Waals surface area (Å²) in [6.45, 7) is 3.57. The van der Waals surface area contributed by atoms with Crippen molar-refractivity contribution in [3.8, 4) is 0 Å². The van der Waals surface area contributed by atoms with Gasteiger partial charge in [-0.05, 0) is 18.8 Å². The van der Waals surface area contributed by atoms with Crippen LogP contribution in [-0.2, 0) is 15.6 Å². The van der Waals surface area contributed by atoms with Crippen LogP contribution in [0.15, 0.2) is 0 Å². The van der Waals surface area contributed by atoms with Gasteiger partial charge in [-0.2, -0.15) is 0 Å². The Kier molecular flexibility index (Phi) is 6.83. The SMILES string of the molecule is CCS(=O)CCNC(=O)N1CCC(CCC(=O)O)C1. The zero-order valence-electron chi connectivity index (χ0n) is 11.3. The fourth-order valence-corrected chi connectivity index (χ4v) is 2.73.